The van der Waals surface area contributed by atoms with Gasteiger partial charge >= 0.3 is 0 Å². The summed E-state index contributed by atoms with van der Waals surface area (Å²) in [6.45, 7) is 7.93. The summed E-state index contributed by atoms with van der Waals surface area (Å²) in [6, 6.07) is 0. The first-order valence-electron chi connectivity index (χ1n) is 11.7. The molecule has 12 nitrogen and oxygen atoms in total. The van der Waals surface area contributed by atoms with Crippen LogP contribution in [-0.4, -0.2) is 126 Å². The Hall–Kier alpha value is -0.480. The Morgan fingerprint density at radius 1 is 0.656 bits per heavy atom. The molecule has 0 aliphatic carbocycles. The van der Waals surface area contributed by atoms with E-state index < -0.39 is 0 Å². The summed E-state index contributed by atoms with van der Waals surface area (Å²) >= 11 is 0. The van der Waals surface area contributed by atoms with E-state index in [4.69, 9.17) is 38.7 Å². The third-order valence-electron chi connectivity index (χ3n) is 5.18. The summed E-state index contributed by atoms with van der Waals surface area (Å²) in [5, 5.41) is 0. The van der Waals surface area contributed by atoms with Crippen LogP contribution in [0.25, 0.3) is 0 Å². The summed E-state index contributed by atoms with van der Waals surface area (Å²) < 4.78 is 21.7. The average molecular weight is 469 g/mol. The second-order valence-corrected chi connectivity index (χ2v) is 9.56. The predicted octanol–water partition coefficient (Wildman–Crippen LogP) is 0.824. The second-order valence-electron chi connectivity index (χ2n) is 9.56. The zero-order valence-electron chi connectivity index (χ0n) is 20.7. The molecule has 3 aliphatic heterocycles. The normalized spacial score (nSPS) is 38.8. The summed E-state index contributed by atoms with van der Waals surface area (Å²) in [7, 11) is 9.25. The molecule has 0 aromatic heterocycles. The number of hydrogen-bond donors (Lipinski definition) is 0. The molecule has 188 valence electrons. The highest BCUT2D eigenvalue weighted by molar-refractivity contribution is 4.67. The van der Waals surface area contributed by atoms with Gasteiger partial charge in [0.2, 0.25) is 0 Å². The smallest absolute Gasteiger partial charge is 0.156 e. The number of ether oxygens (including phenoxy) is 4. The molecule has 0 saturated carbocycles. The molecule has 0 radical (unpaired) electrons. The first-order chi connectivity index (χ1) is 15.0. The molecule has 3 aliphatic rings. The van der Waals surface area contributed by atoms with Crippen LogP contribution in [0.1, 0.15) is 26.2 Å². The highest BCUT2D eigenvalue weighted by Gasteiger charge is 2.59. The minimum absolute atomic E-state index is 0.114. The van der Waals surface area contributed by atoms with Gasteiger partial charge in [0.15, 0.2) is 19.6 Å². The lowest BCUT2D eigenvalue weighted by atomic mass is 10.4. The molecule has 0 aromatic carbocycles. The van der Waals surface area contributed by atoms with E-state index >= 15 is 0 Å². The summed E-state index contributed by atoms with van der Waals surface area (Å²) in [5.74, 6) is 0. The van der Waals surface area contributed by atoms with Gasteiger partial charge in [-0.1, -0.05) is 6.92 Å². The van der Waals surface area contributed by atoms with Crippen molar-refractivity contribution in [1.82, 2.24) is 0 Å². The SMILES string of the molecule is CCC[N+]1(C)O[N+](C)(CCCOCC2CO2)O[N+](C)(C)O[N+](C)(CCCOCC2CO2)O1. The Balaban J connectivity index is 1.58. The Morgan fingerprint density at radius 3 is 1.44 bits per heavy atom. The quantitative estimate of drug-likeness (QED) is 0.211. The van der Waals surface area contributed by atoms with Gasteiger partial charge < -0.3 is 18.9 Å². The van der Waals surface area contributed by atoms with E-state index in [1.54, 1.807) is 0 Å². The fourth-order valence-electron chi connectivity index (χ4n) is 3.94. The maximum absolute atomic E-state index is 6.44. The van der Waals surface area contributed by atoms with Crippen LogP contribution >= 0.6 is 0 Å². The molecule has 3 rings (SSSR count). The van der Waals surface area contributed by atoms with E-state index in [2.05, 4.69) is 6.92 Å². The highest BCUT2D eigenvalue weighted by Crippen LogP contribution is 2.29. The van der Waals surface area contributed by atoms with Gasteiger partial charge in [0.1, 0.15) is 47.4 Å². The number of hydrogen-bond acceptors (Lipinski definition) is 8. The van der Waals surface area contributed by atoms with Crippen LogP contribution in [0.5, 0.6) is 0 Å². The molecular formula is C20H44N4O8+4. The van der Waals surface area contributed by atoms with Crippen molar-refractivity contribution >= 4 is 0 Å². The van der Waals surface area contributed by atoms with E-state index in [1.807, 2.05) is 35.2 Å². The van der Waals surface area contributed by atoms with E-state index in [9.17, 15) is 0 Å². The molecule has 0 amide bonds. The molecule has 4 atom stereocenters. The van der Waals surface area contributed by atoms with Gasteiger partial charge in [0.25, 0.3) is 0 Å². The fraction of sp³-hybridized carbons (Fsp3) is 1.00. The van der Waals surface area contributed by atoms with Crippen molar-refractivity contribution in [2.45, 2.75) is 38.4 Å². The Kier molecular flexibility index (Phi) is 8.86. The van der Waals surface area contributed by atoms with Crippen LogP contribution < -0.4 is 0 Å². The Morgan fingerprint density at radius 2 is 1.06 bits per heavy atom. The van der Waals surface area contributed by atoms with Gasteiger partial charge in [0.05, 0.1) is 78.6 Å². The Labute approximate surface area is 191 Å². The summed E-state index contributed by atoms with van der Waals surface area (Å²) in [6.07, 6.45) is 2.90. The molecule has 0 N–H and O–H groups in total. The predicted molar refractivity (Wildman–Crippen MR) is 110 cm³/mol. The topological polar surface area (TPSA) is 80.4 Å². The van der Waals surface area contributed by atoms with E-state index in [0.29, 0.717) is 46.1 Å². The molecule has 0 aromatic rings. The van der Waals surface area contributed by atoms with Crippen LogP contribution in [0.15, 0.2) is 0 Å². The molecule has 12 heteroatoms. The van der Waals surface area contributed by atoms with Crippen molar-refractivity contribution in [3.63, 3.8) is 0 Å². The fourth-order valence-corrected chi connectivity index (χ4v) is 3.94. The second kappa shape index (κ2) is 10.8. The highest BCUT2D eigenvalue weighted by atomic mass is 17.4. The van der Waals surface area contributed by atoms with Crippen molar-refractivity contribution in [3.05, 3.63) is 0 Å². The first kappa shape index (κ1) is 26.1. The van der Waals surface area contributed by atoms with Crippen molar-refractivity contribution in [2.75, 3.05) is 94.5 Å². The van der Waals surface area contributed by atoms with Crippen molar-refractivity contribution < 1.29 is 57.9 Å². The van der Waals surface area contributed by atoms with E-state index in [0.717, 1.165) is 32.5 Å². The lowest BCUT2D eigenvalue weighted by Gasteiger charge is -2.40. The van der Waals surface area contributed by atoms with Crippen molar-refractivity contribution in [3.8, 4) is 0 Å². The van der Waals surface area contributed by atoms with Crippen LogP contribution in [-0.2, 0) is 38.7 Å². The molecule has 0 bridgehead atoms. The van der Waals surface area contributed by atoms with Gasteiger partial charge in [-0.3, -0.25) is 0 Å². The van der Waals surface area contributed by atoms with Gasteiger partial charge in [-0.15, -0.1) is 0 Å². The summed E-state index contributed by atoms with van der Waals surface area (Å²) in [4.78, 5) is 24.9. The standard InChI is InChI=1S/C20H44N4O8/c1-7-10-22(4)31-23(5,11-8-13-25-15-19-17-27-19)29-21(2,3)30-24(6,32-22)12-9-14-26-16-20-18-28-20/h19-20H,7-18H2,1-6H3/q+4. The van der Waals surface area contributed by atoms with Crippen molar-refractivity contribution in [1.29, 1.82) is 0 Å². The largest absolute Gasteiger partial charge is 0.378 e. The molecule has 4 unspecified atom stereocenters. The maximum Gasteiger partial charge on any atom is 0.156 e. The van der Waals surface area contributed by atoms with Crippen LogP contribution in [0, 0.1) is 0 Å². The van der Waals surface area contributed by atoms with Gasteiger partial charge in [-0.05, 0) is 0 Å². The van der Waals surface area contributed by atoms with Gasteiger partial charge in [0, 0.05) is 19.3 Å². The zero-order valence-corrected chi connectivity index (χ0v) is 20.7. The van der Waals surface area contributed by atoms with Gasteiger partial charge in [-0.25, -0.2) is 0 Å². The number of rotatable bonds is 14. The zero-order chi connectivity index (χ0) is 23.3. The minimum atomic E-state index is -0.202. The molecule has 32 heavy (non-hydrogen) atoms. The van der Waals surface area contributed by atoms with Crippen LogP contribution in [0.2, 0.25) is 0 Å². The molecule has 0 spiro atoms. The number of hydroxylamine groups is 16. The maximum atomic E-state index is 6.44. The lowest BCUT2D eigenvalue weighted by Crippen LogP contribution is -2.71. The average Bonchev–Trinajstić information content (AvgIpc) is 3.54. The number of nitrogens with zero attached hydrogens (tertiary/aromatic N) is 4. The number of quaternary nitrogens is 4. The monoisotopic (exact) mass is 468 g/mol. The third-order valence-corrected chi connectivity index (χ3v) is 5.18. The third kappa shape index (κ3) is 9.05. The van der Waals surface area contributed by atoms with E-state index in [-0.39, 0.29) is 31.4 Å². The van der Waals surface area contributed by atoms with Crippen molar-refractivity contribution in [2.24, 2.45) is 0 Å². The number of epoxide rings is 2. The summed E-state index contributed by atoms with van der Waals surface area (Å²) in [5.41, 5.74) is 0. The first-order valence-corrected chi connectivity index (χ1v) is 11.7. The lowest BCUT2D eigenvalue weighted by molar-refractivity contribution is -1.66. The van der Waals surface area contributed by atoms with Crippen LogP contribution in [0.4, 0.5) is 0 Å². The molecule has 3 fully saturated rings. The molecule has 3 saturated heterocycles. The van der Waals surface area contributed by atoms with Gasteiger partial charge in [-0.2, -0.15) is 0 Å². The molecule has 3 heterocycles. The van der Waals surface area contributed by atoms with Crippen LogP contribution in [0.3, 0.4) is 0 Å². The van der Waals surface area contributed by atoms with E-state index in [1.165, 1.54) is 0 Å². The Bertz CT molecular complexity index is 550. The molecular weight excluding hydrogens is 424 g/mol. The minimum Gasteiger partial charge on any atom is -0.378 e.